The highest BCUT2D eigenvalue weighted by atomic mass is 16.5. The normalized spacial score (nSPS) is 24.4. The van der Waals surface area contributed by atoms with Crippen LogP contribution in [0.15, 0.2) is 24.3 Å². The minimum atomic E-state index is -0.305. The molecule has 2 aliphatic heterocycles. The third-order valence-electron chi connectivity index (χ3n) is 3.70. The van der Waals surface area contributed by atoms with Crippen LogP contribution in [-0.2, 0) is 4.74 Å². The number of nitrogens with one attached hydrogen (secondary N) is 1. The Morgan fingerprint density at radius 1 is 1.24 bits per heavy atom. The first-order chi connectivity index (χ1) is 10.1. The topological polar surface area (TPSA) is 47.6 Å². The highest BCUT2D eigenvalue weighted by Gasteiger charge is 2.35. The van der Waals surface area contributed by atoms with Crippen LogP contribution in [-0.4, -0.2) is 37.7 Å². The van der Waals surface area contributed by atoms with E-state index < -0.39 is 0 Å². The van der Waals surface area contributed by atoms with Gasteiger partial charge in [0.25, 0.3) is 0 Å². The number of ether oxygens (including phenoxy) is 2. The Bertz CT molecular complexity index is 459. The van der Waals surface area contributed by atoms with Crippen molar-refractivity contribution < 1.29 is 14.3 Å². The molecule has 2 aliphatic rings. The molecular formula is C17H25NO3. The van der Waals surface area contributed by atoms with Gasteiger partial charge in [-0.15, -0.1) is 0 Å². The van der Waals surface area contributed by atoms with Gasteiger partial charge in [0.15, 0.2) is 5.78 Å². The number of carbonyl (C=O) groups excluding carboxylic acids is 1. The van der Waals surface area contributed by atoms with Crippen LogP contribution in [0.2, 0.25) is 0 Å². The van der Waals surface area contributed by atoms with Crippen LogP contribution in [0.4, 0.5) is 0 Å². The van der Waals surface area contributed by atoms with E-state index in [0.717, 1.165) is 50.5 Å². The van der Waals surface area contributed by atoms with E-state index in [0.29, 0.717) is 6.42 Å². The average Bonchev–Trinajstić information content (AvgIpc) is 2.49. The number of morpholine rings is 1. The Labute approximate surface area is 126 Å². The van der Waals surface area contributed by atoms with Crippen molar-refractivity contribution in [3.8, 4) is 5.75 Å². The van der Waals surface area contributed by atoms with Crippen molar-refractivity contribution in [3.63, 3.8) is 0 Å². The number of para-hydroxylation sites is 1. The van der Waals surface area contributed by atoms with Crippen molar-refractivity contribution in [2.45, 2.75) is 38.7 Å². The van der Waals surface area contributed by atoms with Crippen LogP contribution in [0.25, 0.3) is 0 Å². The molecular weight excluding hydrogens is 266 g/mol. The summed E-state index contributed by atoms with van der Waals surface area (Å²) in [6.07, 6.45) is 2.46. The molecule has 0 spiro atoms. The van der Waals surface area contributed by atoms with Crippen molar-refractivity contribution in [1.29, 1.82) is 0 Å². The summed E-state index contributed by atoms with van der Waals surface area (Å²) in [6, 6.07) is 7.50. The summed E-state index contributed by atoms with van der Waals surface area (Å²) >= 11 is 0. The van der Waals surface area contributed by atoms with Gasteiger partial charge < -0.3 is 14.8 Å². The van der Waals surface area contributed by atoms with Gasteiger partial charge in [0.05, 0.1) is 25.2 Å². The van der Waals surface area contributed by atoms with Crippen LogP contribution < -0.4 is 10.1 Å². The molecule has 1 saturated heterocycles. The number of fused-ring (bicyclic) bond motifs is 1. The minimum absolute atomic E-state index is 0.202. The molecule has 0 aromatic heterocycles. The first-order valence-corrected chi connectivity index (χ1v) is 7.74. The van der Waals surface area contributed by atoms with E-state index in [1.807, 2.05) is 31.2 Å². The quantitative estimate of drug-likeness (QED) is 0.910. The third-order valence-corrected chi connectivity index (χ3v) is 3.70. The van der Waals surface area contributed by atoms with E-state index in [2.05, 4.69) is 12.2 Å². The number of benzene rings is 1. The molecule has 2 heterocycles. The van der Waals surface area contributed by atoms with Gasteiger partial charge in [-0.05, 0) is 25.5 Å². The van der Waals surface area contributed by atoms with E-state index >= 15 is 0 Å². The molecule has 1 fully saturated rings. The zero-order valence-electron chi connectivity index (χ0n) is 13.0. The molecule has 4 nitrogen and oxygen atoms in total. The van der Waals surface area contributed by atoms with Gasteiger partial charge in [0.2, 0.25) is 0 Å². The summed E-state index contributed by atoms with van der Waals surface area (Å²) in [5.41, 5.74) is 0.422. The molecule has 1 N–H and O–H groups in total. The number of ketones is 1. The molecule has 0 amide bonds. The van der Waals surface area contributed by atoms with Crippen molar-refractivity contribution in [2.24, 2.45) is 0 Å². The fraction of sp³-hybridized carbons (Fsp3) is 0.588. The Morgan fingerprint density at radius 3 is 2.52 bits per heavy atom. The molecule has 1 aromatic carbocycles. The van der Waals surface area contributed by atoms with Gasteiger partial charge in [-0.25, -0.2) is 0 Å². The molecule has 0 saturated carbocycles. The van der Waals surface area contributed by atoms with E-state index in [-0.39, 0.29) is 11.4 Å². The first-order valence-electron chi connectivity index (χ1n) is 7.74. The molecule has 21 heavy (non-hydrogen) atoms. The Hall–Kier alpha value is -1.39. The molecule has 1 atom stereocenters. The van der Waals surface area contributed by atoms with Crippen molar-refractivity contribution in [3.05, 3.63) is 29.8 Å². The molecule has 0 radical (unpaired) electrons. The van der Waals surface area contributed by atoms with E-state index in [4.69, 9.17) is 9.47 Å². The number of rotatable bonds is 2. The van der Waals surface area contributed by atoms with Crippen LogP contribution in [0.3, 0.4) is 0 Å². The minimum Gasteiger partial charge on any atom is -0.486 e. The van der Waals surface area contributed by atoms with Crippen LogP contribution in [0.1, 0.15) is 43.5 Å². The van der Waals surface area contributed by atoms with Gasteiger partial charge in [-0.2, -0.15) is 0 Å². The highest BCUT2D eigenvalue weighted by molar-refractivity contribution is 6.00. The summed E-state index contributed by atoms with van der Waals surface area (Å²) in [7, 11) is 0. The molecule has 116 valence electrons. The van der Waals surface area contributed by atoms with Gasteiger partial charge >= 0.3 is 0 Å². The lowest BCUT2D eigenvalue weighted by atomic mass is 9.88. The monoisotopic (exact) mass is 291 g/mol. The maximum Gasteiger partial charge on any atom is 0.170 e. The van der Waals surface area contributed by atoms with Crippen LogP contribution in [0.5, 0.6) is 5.75 Å². The number of hydrogen-bond acceptors (Lipinski definition) is 4. The molecule has 1 unspecified atom stereocenters. The molecule has 4 heteroatoms. The number of hydrogen-bond donors (Lipinski definition) is 1. The second-order valence-electron chi connectivity index (χ2n) is 5.76. The van der Waals surface area contributed by atoms with E-state index in [1.165, 1.54) is 0 Å². The smallest absolute Gasteiger partial charge is 0.170 e. The summed E-state index contributed by atoms with van der Waals surface area (Å²) in [4.78, 5) is 11.9. The van der Waals surface area contributed by atoms with E-state index in [9.17, 15) is 4.79 Å². The zero-order valence-corrected chi connectivity index (χ0v) is 13.0. The average molecular weight is 291 g/mol. The fourth-order valence-corrected chi connectivity index (χ4v) is 2.71. The molecule has 1 aromatic rings. The maximum absolute atomic E-state index is 11.9. The van der Waals surface area contributed by atoms with Gasteiger partial charge in [0.1, 0.15) is 11.4 Å². The summed E-state index contributed by atoms with van der Waals surface area (Å²) in [5.74, 6) is 0.942. The van der Waals surface area contributed by atoms with Gasteiger partial charge in [-0.1, -0.05) is 25.5 Å². The SMILES string of the molecule is C1COCCN1.CCCC1(C)CC(=O)c2ccccc2O1. The summed E-state index contributed by atoms with van der Waals surface area (Å²) < 4.78 is 10.9. The lowest BCUT2D eigenvalue weighted by molar-refractivity contribution is 0.0465. The summed E-state index contributed by atoms with van der Waals surface area (Å²) in [6.45, 7) is 7.96. The highest BCUT2D eigenvalue weighted by Crippen LogP contribution is 2.35. The largest absolute Gasteiger partial charge is 0.486 e. The van der Waals surface area contributed by atoms with Crippen molar-refractivity contribution in [2.75, 3.05) is 26.3 Å². The first kappa shape index (κ1) is 16.0. The number of carbonyl (C=O) groups is 1. The lowest BCUT2D eigenvalue weighted by Gasteiger charge is -2.34. The fourth-order valence-electron chi connectivity index (χ4n) is 2.71. The molecule has 0 aliphatic carbocycles. The predicted molar refractivity (Wildman–Crippen MR) is 83.0 cm³/mol. The lowest BCUT2D eigenvalue weighted by Crippen LogP contribution is -2.38. The Morgan fingerprint density at radius 2 is 1.95 bits per heavy atom. The van der Waals surface area contributed by atoms with Gasteiger partial charge in [-0.3, -0.25) is 4.79 Å². The zero-order chi connectivity index (χ0) is 15.1. The Kier molecular flexibility index (Phi) is 5.76. The third kappa shape index (κ3) is 4.55. The van der Waals surface area contributed by atoms with Gasteiger partial charge in [0, 0.05) is 13.1 Å². The molecule has 3 rings (SSSR count). The Balaban J connectivity index is 0.000000225. The predicted octanol–water partition coefficient (Wildman–Crippen LogP) is 2.82. The van der Waals surface area contributed by atoms with Crippen LogP contribution in [0, 0.1) is 0 Å². The van der Waals surface area contributed by atoms with Crippen molar-refractivity contribution >= 4 is 5.78 Å². The molecule has 0 bridgehead atoms. The maximum atomic E-state index is 11.9. The van der Waals surface area contributed by atoms with Crippen molar-refractivity contribution in [1.82, 2.24) is 5.32 Å². The standard InChI is InChI=1S/C13H16O2.C4H9NO/c1-3-8-13(2)9-11(14)10-6-4-5-7-12(10)15-13;1-3-6-4-2-5-1/h4-7H,3,8-9H2,1-2H3;5H,1-4H2. The van der Waals surface area contributed by atoms with E-state index in [1.54, 1.807) is 0 Å². The number of Topliss-reactive ketones (excluding diaryl/α,β-unsaturated/α-hetero) is 1. The summed E-state index contributed by atoms with van der Waals surface area (Å²) in [5, 5.41) is 3.16. The van der Waals surface area contributed by atoms with Crippen LogP contribution >= 0.6 is 0 Å². The second-order valence-corrected chi connectivity index (χ2v) is 5.76. The second kappa shape index (κ2) is 7.57.